The van der Waals surface area contributed by atoms with E-state index in [0.717, 1.165) is 11.4 Å². The molecule has 0 amide bonds. The quantitative estimate of drug-likeness (QED) is 0.883. The lowest BCUT2D eigenvalue weighted by atomic mass is 10.2. The van der Waals surface area contributed by atoms with Crippen LogP contribution in [-0.4, -0.2) is 4.68 Å². The van der Waals surface area contributed by atoms with Crippen LogP contribution in [0, 0.1) is 19.7 Å². The molecule has 0 aliphatic rings. The van der Waals surface area contributed by atoms with Gasteiger partial charge in [0, 0.05) is 17.0 Å². The number of halogens is 2. The van der Waals surface area contributed by atoms with Crippen LogP contribution in [-0.2, 0) is 6.54 Å². The maximum atomic E-state index is 13.7. The van der Waals surface area contributed by atoms with Crippen LogP contribution in [0.25, 0.3) is 0 Å². The molecule has 0 bridgehead atoms. The van der Waals surface area contributed by atoms with Crippen molar-refractivity contribution >= 4 is 11.6 Å². The van der Waals surface area contributed by atoms with Gasteiger partial charge in [-0.3, -0.25) is 4.68 Å². The molecule has 1 heterocycles. The Morgan fingerprint density at radius 2 is 1.82 bits per heavy atom. The summed E-state index contributed by atoms with van der Waals surface area (Å²) in [5, 5.41) is 0.158. The van der Waals surface area contributed by atoms with Crippen LogP contribution in [0.4, 0.5) is 4.39 Å². The summed E-state index contributed by atoms with van der Waals surface area (Å²) in [5.74, 6) is -0.357. The lowest BCUT2D eigenvalue weighted by Crippen LogP contribution is -2.17. The smallest absolute Gasteiger partial charge is 0.146 e. The van der Waals surface area contributed by atoms with Gasteiger partial charge in [-0.05, 0) is 32.0 Å². The van der Waals surface area contributed by atoms with E-state index in [1.807, 2.05) is 30.7 Å². The van der Waals surface area contributed by atoms with Crippen molar-refractivity contribution in [3.05, 3.63) is 58.1 Å². The molecule has 1 aromatic carbocycles. The standard InChI is InChI=1S/C13H14ClFN2/c1-9-6-7-10(2)17(9)16-8-11-4-3-5-12(14)13(11)15/h3-7,16H,8H2,1-2H3. The van der Waals surface area contributed by atoms with Gasteiger partial charge in [0.1, 0.15) is 5.82 Å². The zero-order valence-electron chi connectivity index (χ0n) is 9.80. The second-order valence-electron chi connectivity index (χ2n) is 4.00. The van der Waals surface area contributed by atoms with Crippen molar-refractivity contribution < 1.29 is 4.39 Å². The van der Waals surface area contributed by atoms with Crippen LogP contribution in [0.2, 0.25) is 5.02 Å². The van der Waals surface area contributed by atoms with Crippen molar-refractivity contribution in [3.63, 3.8) is 0 Å². The van der Waals surface area contributed by atoms with Crippen molar-refractivity contribution in [2.75, 3.05) is 5.43 Å². The Labute approximate surface area is 105 Å². The molecule has 1 aromatic heterocycles. The highest BCUT2D eigenvalue weighted by Crippen LogP contribution is 2.18. The summed E-state index contributed by atoms with van der Waals surface area (Å²) in [7, 11) is 0. The molecule has 2 rings (SSSR count). The van der Waals surface area contributed by atoms with E-state index in [4.69, 9.17) is 11.6 Å². The number of hydrogen-bond donors (Lipinski definition) is 1. The molecule has 90 valence electrons. The molecule has 4 heteroatoms. The van der Waals surface area contributed by atoms with Crippen molar-refractivity contribution in [1.82, 2.24) is 4.68 Å². The average molecular weight is 253 g/mol. The molecule has 0 aliphatic heterocycles. The van der Waals surface area contributed by atoms with E-state index >= 15 is 0 Å². The maximum absolute atomic E-state index is 13.7. The molecule has 0 saturated carbocycles. The highest BCUT2D eigenvalue weighted by atomic mass is 35.5. The molecule has 2 nitrogen and oxygen atoms in total. The van der Waals surface area contributed by atoms with Crippen molar-refractivity contribution in [2.45, 2.75) is 20.4 Å². The first-order valence-corrected chi connectivity index (χ1v) is 5.79. The molecule has 0 unspecified atom stereocenters. The van der Waals surface area contributed by atoms with Crippen LogP contribution in [0.3, 0.4) is 0 Å². The first kappa shape index (κ1) is 12.0. The number of hydrogen-bond acceptors (Lipinski definition) is 1. The van der Waals surface area contributed by atoms with Gasteiger partial charge >= 0.3 is 0 Å². The van der Waals surface area contributed by atoms with Gasteiger partial charge in [0.15, 0.2) is 0 Å². The van der Waals surface area contributed by atoms with E-state index < -0.39 is 0 Å². The molecular weight excluding hydrogens is 239 g/mol. The predicted molar refractivity (Wildman–Crippen MR) is 68.4 cm³/mol. The van der Waals surface area contributed by atoms with E-state index in [1.54, 1.807) is 18.2 Å². The molecule has 2 aromatic rings. The molecule has 0 saturated heterocycles. The molecule has 1 N–H and O–H groups in total. The van der Waals surface area contributed by atoms with Gasteiger partial charge in [0.25, 0.3) is 0 Å². The highest BCUT2D eigenvalue weighted by molar-refractivity contribution is 6.30. The lowest BCUT2D eigenvalue weighted by molar-refractivity contribution is 0.608. The molecule has 0 aliphatic carbocycles. The molecule has 0 radical (unpaired) electrons. The Balaban J connectivity index is 2.15. The molecule has 0 fully saturated rings. The molecule has 0 spiro atoms. The van der Waals surface area contributed by atoms with E-state index in [0.29, 0.717) is 12.1 Å². The van der Waals surface area contributed by atoms with Crippen LogP contribution >= 0.6 is 11.6 Å². The maximum Gasteiger partial charge on any atom is 0.146 e. The monoisotopic (exact) mass is 252 g/mol. The van der Waals surface area contributed by atoms with E-state index in [1.165, 1.54) is 0 Å². The third-order valence-electron chi connectivity index (χ3n) is 2.73. The van der Waals surface area contributed by atoms with Crippen LogP contribution in [0.15, 0.2) is 30.3 Å². The van der Waals surface area contributed by atoms with Gasteiger partial charge in [0.2, 0.25) is 0 Å². The summed E-state index contributed by atoms with van der Waals surface area (Å²) in [5.41, 5.74) is 5.90. The van der Waals surface area contributed by atoms with E-state index in [9.17, 15) is 4.39 Å². The fraction of sp³-hybridized carbons (Fsp3) is 0.231. The predicted octanol–water partition coefficient (Wildman–Crippen LogP) is 3.64. The second-order valence-corrected chi connectivity index (χ2v) is 4.41. The number of benzene rings is 1. The lowest BCUT2D eigenvalue weighted by Gasteiger charge is -2.13. The van der Waals surface area contributed by atoms with Gasteiger partial charge in [-0.2, -0.15) is 0 Å². The second kappa shape index (κ2) is 4.80. The zero-order valence-corrected chi connectivity index (χ0v) is 10.6. The van der Waals surface area contributed by atoms with Crippen molar-refractivity contribution in [3.8, 4) is 0 Å². The minimum absolute atomic E-state index is 0.158. The molecular formula is C13H14ClFN2. The fourth-order valence-corrected chi connectivity index (χ4v) is 1.96. The third kappa shape index (κ3) is 2.44. The fourth-order valence-electron chi connectivity index (χ4n) is 1.77. The minimum atomic E-state index is -0.357. The van der Waals surface area contributed by atoms with Gasteiger partial charge < -0.3 is 5.43 Å². The summed E-state index contributed by atoms with van der Waals surface area (Å²) in [4.78, 5) is 0. The normalized spacial score (nSPS) is 10.6. The highest BCUT2D eigenvalue weighted by Gasteiger charge is 2.06. The van der Waals surface area contributed by atoms with Gasteiger partial charge in [-0.1, -0.05) is 23.7 Å². The first-order chi connectivity index (χ1) is 8.09. The Bertz CT molecular complexity index is 515. The Morgan fingerprint density at radius 1 is 1.18 bits per heavy atom. The topological polar surface area (TPSA) is 17.0 Å². The number of rotatable bonds is 3. The van der Waals surface area contributed by atoms with Crippen molar-refractivity contribution in [2.24, 2.45) is 0 Å². The van der Waals surface area contributed by atoms with E-state index in [2.05, 4.69) is 5.43 Å². The van der Waals surface area contributed by atoms with Gasteiger partial charge in [-0.15, -0.1) is 0 Å². The Hall–Kier alpha value is -1.48. The summed E-state index contributed by atoms with van der Waals surface area (Å²) in [6.07, 6.45) is 0. The number of aromatic nitrogens is 1. The zero-order chi connectivity index (χ0) is 12.4. The largest absolute Gasteiger partial charge is 0.321 e. The van der Waals surface area contributed by atoms with E-state index in [-0.39, 0.29) is 10.8 Å². The molecule has 0 atom stereocenters. The summed E-state index contributed by atoms with van der Waals surface area (Å²) >= 11 is 5.73. The molecule has 17 heavy (non-hydrogen) atoms. The van der Waals surface area contributed by atoms with Crippen molar-refractivity contribution in [1.29, 1.82) is 0 Å². The number of aryl methyl sites for hydroxylation is 2. The number of nitrogens with one attached hydrogen (secondary N) is 1. The average Bonchev–Trinajstić information content (AvgIpc) is 2.62. The summed E-state index contributed by atoms with van der Waals surface area (Å²) in [6.45, 7) is 4.39. The van der Waals surface area contributed by atoms with Gasteiger partial charge in [0.05, 0.1) is 11.6 Å². The SMILES string of the molecule is Cc1ccc(C)n1NCc1cccc(Cl)c1F. The van der Waals surface area contributed by atoms with Crippen LogP contribution in [0.1, 0.15) is 17.0 Å². The Kier molecular flexibility index (Phi) is 3.38. The van der Waals surface area contributed by atoms with Gasteiger partial charge in [-0.25, -0.2) is 4.39 Å². The van der Waals surface area contributed by atoms with Crippen LogP contribution < -0.4 is 5.43 Å². The van der Waals surface area contributed by atoms with Crippen LogP contribution in [0.5, 0.6) is 0 Å². The first-order valence-electron chi connectivity index (χ1n) is 5.41. The third-order valence-corrected chi connectivity index (χ3v) is 3.02. The Morgan fingerprint density at radius 3 is 2.47 bits per heavy atom. The minimum Gasteiger partial charge on any atom is -0.321 e. The summed E-state index contributed by atoms with van der Waals surface area (Å²) < 4.78 is 15.6. The number of nitrogens with zero attached hydrogens (tertiary/aromatic N) is 1. The summed E-state index contributed by atoms with van der Waals surface area (Å²) in [6, 6.07) is 9.04.